The van der Waals surface area contributed by atoms with Gasteiger partial charge in [-0.15, -0.1) is 0 Å². The second-order valence-corrected chi connectivity index (χ2v) is 5.17. The third-order valence-corrected chi connectivity index (χ3v) is 3.84. The minimum absolute atomic E-state index is 0.106. The number of anilines is 1. The van der Waals surface area contributed by atoms with E-state index in [1.807, 2.05) is 0 Å². The van der Waals surface area contributed by atoms with Gasteiger partial charge in [0.15, 0.2) is 0 Å². The molecule has 19 heavy (non-hydrogen) atoms. The minimum atomic E-state index is -0.641. The van der Waals surface area contributed by atoms with E-state index in [1.54, 1.807) is 0 Å². The van der Waals surface area contributed by atoms with E-state index in [4.69, 9.17) is 10.5 Å². The van der Waals surface area contributed by atoms with Crippen LogP contribution in [0.4, 0.5) is 10.1 Å². The van der Waals surface area contributed by atoms with Crippen LogP contribution in [0.25, 0.3) is 0 Å². The van der Waals surface area contributed by atoms with E-state index < -0.39 is 11.8 Å². The average molecular weight is 265 g/mol. The first-order valence-corrected chi connectivity index (χ1v) is 6.86. The number of carbonyl (C=O) groups is 1. The van der Waals surface area contributed by atoms with E-state index in [0.717, 1.165) is 25.7 Å². The Morgan fingerprint density at radius 3 is 2.95 bits per heavy atom. The predicted octanol–water partition coefficient (Wildman–Crippen LogP) is 3.53. The summed E-state index contributed by atoms with van der Waals surface area (Å²) in [4.78, 5) is 12.0. The van der Waals surface area contributed by atoms with Crippen molar-refractivity contribution in [3.8, 4) is 0 Å². The molecule has 0 spiro atoms. The van der Waals surface area contributed by atoms with E-state index in [1.165, 1.54) is 24.6 Å². The Morgan fingerprint density at radius 1 is 1.47 bits per heavy atom. The van der Waals surface area contributed by atoms with Gasteiger partial charge in [-0.2, -0.15) is 0 Å². The van der Waals surface area contributed by atoms with Crippen molar-refractivity contribution in [3.63, 3.8) is 0 Å². The molecule has 0 radical (unpaired) electrons. The molecule has 2 unspecified atom stereocenters. The lowest BCUT2D eigenvalue weighted by atomic mass is 9.85. The van der Waals surface area contributed by atoms with Gasteiger partial charge in [0, 0.05) is 5.69 Å². The van der Waals surface area contributed by atoms with Gasteiger partial charge >= 0.3 is 5.97 Å². The maximum absolute atomic E-state index is 13.6. The van der Waals surface area contributed by atoms with Crippen LogP contribution in [-0.4, -0.2) is 12.1 Å². The van der Waals surface area contributed by atoms with E-state index in [9.17, 15) is 9.18 Å². The van der Waals surface area contributed by atoms with Crippen LogP contribution in [0, 0.1) is 11.7 Å². The summed E-state index contributed by atoms with van der Waals surface area (Å²) in [5.74, 6) is -0.658. The largest absolute Gasteiger partial charge is 0.459 e. The first-order valence-electron chi connectivity index (χ1n) is 6.86. The molecule has 3 nitrogen and oxygen atoms in total. The fourth-order valence-electron chi connectivity index (χ4n) is 2.69. The van der Waals surface area contributed by atoms with Crippen molar-refractivity contribution in [3.05, 3.63) is 29.6 Å². The first-order chi connectivity index (χ1) is 9.11. The summed E-state index contributed by atoms with van der Waals surface area (Å²) in [7, 11) is 0. The Hall–Kier alpha value is -1.58. The normalized spacial score (nSPS) is 23.1. The molecule has 0 aliphatic heterocycles. The third kappa shape index (κ3) is 3.25. The summed E-state index contributed by atoms with van der Waals surface area (Å²) in [6, 6.07) is 4.22. The number of esters is 1. The molecule has 2 rings (SSSR count). The molecule has 1 fully saturated rings. The lowest BCUT2D eigenvalue weighted by molar-refractivity contribution is 0.0136. The van der Waals surface area contributed by atoms with Crippen molar-refractivity contribution in [1.82, 2.24) is 0 Å². The molecule has 0 amide bonds. The molecule has 0 bridgehead atoms. The summed E-state index contributed by atoms with van der Waals surface area (Å²) in [5, 5.41) is 0. The Bertz CT molecular complexity index is 441. The Balaban J connectivity index is 2.05. The van der Waals surface area contributed by atoms with Crippen molar-refractivity contribution in [1.29, 1.82) is 0 Å². The fourth-order valence-corrected chi connectivity index (χ4v) is 2.69. The molecule has 1 aromatic rings. The van der Waals surface area contributed by atoms with Crippen molar-refractivity contribution >= 4 is 11.7 Å². The molecule has 4 heteroatoms. The number of hydrogen-bond donors (Lipinski definition) is 1. The second kappa shape index (κ2) is 6.04. The number of carbonyl (C=O) groups excluding carboxylic acids is 1. The van der Waals surface area contributed by atoms with E-state index in [0.29, 0.717) is 5.92 Å². The summed E-state index contributed by atoms with van der Waals surface area (Å²) >= 11 is 0. The number of halogens is 1. The number of rotatable bonds is 3. The molecule has 1 aliphatic rings. The molecule has 0 heterocycles. The Morgan fingerprint density at radius 2 is 2.26 bits per heavy atom. The average Bonchev–Trinajstić information content (AvgIpc) is 2.38. The molecular weight excluding hydrogens is 245 g/mol. The van der Waals surface area contributed by atoms with Crippen molar-refractivity contribution in [2.45, 2.75) is 45.1 Å². The number of hydrogen-bond acceptors (Lipinski definition) is 3. The van der Waals surface area contributed by atoms with Crippen molar-refractivity contribution in [2.24, 2.45) is 5.92 Å². The number of benzene rings is 1. The summed E-state index contributed by atoms with van der Waals surface area (Å²) in [5.41, 5.74) is 5.63. The van der Waals surface area contributed by atoms with Crippen LogP contribution in [0.5, 0.6) is 0 Å². The molecule has 1 aliphatic carbocycles. The Labute approximate surface area is 112 Å². The second-order valence-electron chi connectivity index (χ2n) is 5.17. The fraction of sp³-hybridized carbons (Fsp3) is 0.533. The molecule has 2 N–H and O–H groups in total. The quantitative estimate of drug-likeness (QED) is 0.672. The van der Waals surface area contributed by atoms with Crippen molar-refractivity contribution < 1.29 is 13.9 Å². The highest BCUT2D eigenvalue weighted by molar-refractivity contribution is 5.95. The molecule has 104 valence electrons. The van der Waals surface area contributed by atoms with E-state index >= 15 is 0 Å². The summed E-state index contributed by atoms with van der Waals surface area (Å²) in [6.45, 7) is 2.14. The van der Waals surface area contributed by atoms with Crippen LogP contribution in [-0.2, 0) is 4.74 Å². The monoisotopic (exact) mass is 265 g/mol. The molecule has 1 aromatic carbocycles. The maximum Gasteiger partial charge on any atom is 0.343 e. The lowest BCUT2D eigenvalue weighted by Crippen LogP contribution is -2.26. The summed E-state index contributed by atoms with van der Waals surface area (Å²) < 4.78 is 19.0. The minimum Gasteiger partial charge on any atom is -0.459 e. The van der Waals surface area contributed by atoms with Gasteiger partial charge in [-0.3, -0.25) is 0 Å². The SMILES string of the molecule is CCC1CCCC(OC(=O)c2c(N)cccc2F)C1. The van der Waals surface area contributed by atoms with Crippen LogP contribution in [0.2, 0.25) is 0 Å². The van der Waals surface area contributed by atoms with Crippen LogP contribution in [0.1, 0.15) is 49.4 Å². The van der Waals surface area contributed by atoms with Gasteiger partial charge in [-0.05, 0) is 37.3 Å². The molecular formula is C15H20FNO2. The van der Waals surface area contributed by atoms with Gasteiger partial charge in [0.2, 0.25) is 0 Å². The highest BCUT2D eigenvalue weighted by Crippen LogP contribution is 2.29. The van der Waals surface area contributed by atoms with Gasteiger partial charge in [0.1, 0.15) is 17.5 Å². The number of ether oxygens (including phenoxy) is 1. The molecule has 0 aromatic heterocycles. The third-order valence-electron chi connectivity index (χ3n) is 3.84. The van der Waals surface area contributed by atoms with Gasteiger partial charge in [-0.25, -0.2) is 9.18 Å². The van der Waals surface area contributed by atoms with E-state index in [2.05, 4.69) is 6.92 Å². The van der Waals surface area contributed by atoms with Gasteiger partial charge in [0.25, 0.3) is 0 Å². The smallest absolute Gasteiger partial charge is 0.343 e. The highest BCUT2D eigenvalue weighted by Gasteiger charge is 2.26. The highest BCUT2D eigenvalue weighted by atomic mass is 19.1. The van der Waals surface area contributed by atoms with Crippen LogP contribution < -0.4 is 5.73 Å². The van der Waals surface area contributed by atoms with Gasteiger partial charge in [0.05, 0.1) is 0 Å². The van der Waals surface area contributed by atoms with Crippen LogP contribution in [0.3, 0.4) is 0 Å². The predicted molar refractivity (Wildman–Crippen MR) is 72.3 cm³/mol. The molecule has 2 atom stereocenters. The first kappa shape index (κ1) is 13.8. The van der Waals surface area contributed by atoms with E-state index in [-0.39, 0.29) is 17.4 Å². The standard InChI is InChI=1S/C15H20FNO2/c1-2-10-5-3-6-11(9-10)19-15(18)14-12(16)7-4-8-13(14)17/h4,7-8,10-11H,2-3,5-6,9,17H2,1H3. The zero-order valence-electron chi connectivity index (χ0n) is 11.2. The summed E-state index contributed by atoms with van der Waals surface area (Å²) in [6.07, 6.45) is 4.96. The maximum atomic E-state index is 13.6. The van der Waals surface area contributed by atoms with Gasteiger partial charge in [-0.1, -0.05) is 25.8 Å². The van der Waals surface area contributed by atoms with Crippen molar-refractivity contribution in [2.75, 3.05) is 5.73 Å². The molecule has 0 saturated heterocycles. The Kier molecular flexibility index (Phi) is 4.40. The number of nitrogen functional groups attached to an aromatic ring is 1. The van der Waals surface area contributed by atoms with Crippen LogP contribution >= 0.6 is 0 Å². The van der Waals surface area contributed by atoms with Crippen LogP contribution in [0.15, 0.2) is 18.2 Å². The van der Waals surface area contributed by atoms with Gasteiger partial charge < -0.3 is 10.5 Å². The molecule has 1 saturated carbocycles. The zero-order chi connectivity index (χ0) is 13.8. The topological polar surface area (TPSA) is 52.3 Å². The zero-order valence-corrected chi connectivity index (χ0v) is 11.2. The lowest BCUT2D eigenvalue weighted by Gasteiger charge is -2.28. The number of nitrogens with two attached hydrogens (primary N) is 1.